The third-order valence-electron chi connectivity index (χ3n) is 2.33. The first-order valence-corrected chi connectivity index (χ1v) is 7.31. The second-order valence-corrected chi connectivity index (χ2v) is 6.75. The highest BCUT2D eigenvalue weighted by atomic mass is 32.2. The molecule has 0 fully saturated rings. The number of thioether (sulfide) groups is 1. The molecule has 2 atom stereocenters. The van der Waals surface area contributed by atoms with Crippen molar-refractivity contribution in [3.05, 3.63) is 18.0 Å². The minimum Gasteiger partial charge on any atom is -0.459 e. The highest BCUT2D eigenvalue weighted by Crippen LogP contribution is 2.31. The molecule has 5 nitrogen and oxygen atoms in total. The third kappa shape index (κ3) is 5.65. The van der Waals surface area contributed by atoms with E-state index >= 15 is 0 Å². The highest BCUT2D eigenvalue weighted by Gasteiger charge is 2.22. The van der Waals surface area contributed by atoms with Gasteiger partial charge in [0, 0.05) is 30.1 Å². The zero-order valence-electron chi connectivity index (χ0n) is 12.2. The van der Waals surface area contributed by atoms with Crippen molar-refractivity contribution in [1.82, 2.24) is 9.78 Å². The minimum atomic E-state index is -0.449. The molecule has 6 heteroatoms. The van der Waals surface area contributed by atoms with Crippen molar-refractivity contribution >= 4 is 17.7 Å². The first-order valence-electron chi connectivity index (χ1n) is 6.26. The average Bonchev–Trinajstić information content (AvgIpc) is 2.61. The van der Waals surface area contributed by atoms with Gasteiger partial charge in [-0.3, -0.25) is 9.48 Å². The van der Waals surface area contributed by atoms with Crippen molar-refractivity contribution in [2.45, 2.75) is 44.6 Å². The smallest absolute Gasteiger partial charge is 0.316 e. The maximum atomic E-state index is 11.7. The van der Waals surface area contributed by atoms with Crippen molar-refractivity contribution in [1.29, 1.82) is 0 Å². The first-order chi connectivity index (χ1) is 8.69. The van der Waals surface area contributed by atoms with Gasteiger partial charge in [-0.25, -0.2) is 0 Å². The molecule has 0 aliphatic carbocycles. The molecule has 0 spiro atoms. The number of nitrogens with two attached hydrogens (primary N) is 1. The second kappa shape index (κ2) is 6.43. The Morgan fingerprint density at radius 3 is 2.63 bits per heavy atom. The zero-order chi connectivity index (χ0) is 14.6. The SMILES string of the molecule is CC(N)C(SCC(=O)OC(C)(C)C)c1cnn(C)c1. The highest BCUT2D eigenvalue weighted by molar-refractivity contribution is 8.00. The lowest BCUT2D eigenvalue weighted by molar-refractivity contribution is -0.151. The van der Waals surface area contributed by atoms with Crippen LogP contribution in [0.3, 0.4) is 0 Å². The number of carbonyl (C=O) groups excluding carboxylic acids is 1. The number of rotatable bonds is 5. The van der Waals surface area contributed by atoms with Crippen molar-refractivity contribution in [3.8, 4) is 0 Å². The van der Waals surface area contributed by atoms with Gasteiger partial charge in [0.2, 0.25) is 0 Å². The van der Waals surface area contributed by atoms with Crippen LogP contribution in [0.1, 0.15) is 38.5 Å². The molecule has 2 N–H and O–H groups in total. The van der Waals surface area contributed by atoms with Gasteiger partial charge in [0.1, 0.15) is 5.60 Å². The van der Waals surface area contributed by atoms with Gasteiger partial charge in [-0.1, -0.05) is 0 Å². The van der Waals surface area contributed by atoms with Gasteiger partial charge in [0.15, 0.2) is 0 Å². The van der Waals surface area contributed by atoms with Crippen LogP contribution in [0, 0.1) is 0 Å². The number of aryl methyl sites for hydroxylation is 1. The largest absolute Gasteiger partial charge is 0.459 e. The van der Waals surface area contributed by atoms with E-state index in [0.717, 1.165) is 5.56 Å². The van der Waals surface area contributed by atoms with E-state index in [-0.39, 0.29) is 17.3 Å². The molecule has 1 heterocycles. The van der Waals surface area contributed by atoms with E-state index in [1.807, 2.05) is 40.9 Å². The lowest BCUT2D eigenvalue weighted by atomic mass is 10.1. The Labute approximate surface area is 118 Å². The summed E-state index contributed by atoms with van der Waals surface area (Å²) in [7, 11) is 1.86. The minimum absolute atomic E-state index is 0.0428. The molecule has 1 aromatic heterocycles. The summed E-state index contributed by atoms with van der Waals surface area (Å²) in [5.74, 6) is 0.0743. The molecule has 0 radical (unpaired) electrons. The summed E-state index contributed by atoms with van der Waals surface area (Å²) in [4.78, 5) is 11.7. The molecule has 19 heavy (non-hydrogen) atoms. The van der Waals surface area contributed by atoms with Crippen molar-refractivity contribution in [3.63, 3.8) is 0 Å². The van der Waals surface area contributed by atoms with E-state index in [1.165, 1.54) is 11.8 Å². The molecule has 0 aromatic carbocycles. The van der Waals surface area contributed by atoms with Crippen LogP contribution >= 0.6 is 11.8 Å². The number of hydrogen-bond acceptors (Lipinski definition) is 5. The number of nitrogens with zero attached hydrogens (tertiary/aromatic N) is 2. The van der Waals surface area contributed by atoms with Crippen LogP contribution in [0.2, 0.25) is 0 Å². The molecule has 0 saturated heterocycles. The van der Waals surface area contributed by atoms with Gasteiger partial charge in [-0.15, -0.1) is 11.8 Å². The van der Waals surface area contributed by atoms with Crippen LogP contribution in [0.15, 0.2) is 12.4 Å². The fraction of sp³-hybridized carbons (Fsp3) is 0.692. The van der Waals surface area contributed by atoms with E-state index in [0.29, 0.717) is 5.75 Å². The number of aromatic nitrogens is 2. The fourth-order valence-corrected chi connectivity index (χ4v) is 2.66. The maximum Gasteiger partial charge on any atom is 0.316 e. The molecule has 1 aromatic rings. The van der Waals surface area contributed by atoms with Gasteiger partial charge in [0.05, 0.1) is 11.9 Å². The Morgan fingerprint density at radius 2 is 2.21 bits per heavy atom. The fourth-order valence-electron chi connectivity index (χ4n) is 1.67. The Hall–Kier alpha value is -1.01. The lowest BCUT2D eigenvalue weighted by Crippen LogP contribution is -2.27. The van der Waals surface area contributed by atoms with E-state index in [9.17, 15) is 4.79 Å². The third-order valence-corrected chi connectivity index (χ3v) is 3.79. The molecule has 0 bridgehead atoms. The quantitative estimate of drug-likeness (QED) is 0.837. The second-order valence-electron chi connectivity index (χ2n) is 5.62. The number of hydrogen-bond donors (Lipinski definition) is 1. The van der Waals surface area contributed by atoms with E-state index < -0.39 is 5.60 Å². The predicted octanol–water partition coefficient (Wildman–Crippen LogP) is 1.88. The van der Waals surface area contributed by atoms with Crippen molar-refractivity contribution in [2.24, 2.45) is 12.8 Å². The summed E-state index contributed by atoms with van der Waals surface area (Å²) in [6, 6.07) is -0.0587. The van der Waals surface area contributed by atoms with Crippen LogP contribution in [-0.2, 0) is 16.6 Å². The Morgan fingerprint density at radius 1 is 1.58 bits per heavy atom. The summed E-state index contributed by atoms with van der Waals surface area (Å²) >= 11 is 1.49. The van der Waals surface area contributed by atoms with E-state index in [4.69, 9.17) is 10.5 Å². The Bertz CT molecular complexity index is 424. The lowest BCUT2D eigenvalue weighted by Gasteiger charge is -2.22. The van der Waals surface area contributed by atoms with E-state index in [2.05, 4.69) is 5.10 Å². The Kier molecular flexibility index (Phi) is 5.43. The monoisotopic (exact) mass is 285 g/mol. The normalized spacial score (nSPS) is 15.1. The first kappa shape index (κ1) is 16.0. The van der Waals surface area contributed by atoms with Crippen LogP contribution in [0.4, 0.5) is 0 Å². The summed E-state index contributed by atoms with van der Waals surface area (Å²) in [6.45, 7) is 7.51. The maximum absolute atomic E-state index is 11.7. The van der Waals surface area contributed by atoms with Crippen molar-refractivity contribution in [2.75, 3.05) is 5.75 Å². The van der Waals surface area contributed by atoms with Crippen molar-refractivity contribution < 1.29 is 9.53 Å². The van der Waals surface area contributed by atoms with E-state index in [1.54, 1.807) is 10.9 Å². The van der Waals surface area contributed by atoms with Gasteiger partial charge in [-0.2, -0.15) is 5.10 Å². The van der Waals surface area contributed by atoms with Gasteiger partial charge >= 0.3 is 5.97 Å². The van der Waals surface area contributed by atoms with Gasteiger partial charge in [-0.05, 0) is 27.7 Å². The molecule has 2 unspecified atom stereocenters. The number of esters is 1. The van der Waals surface area contributed by atoms with Crippen LogP contribution in [0.25, 0.3) is 0 Å². The average molecular weight is 285 g/mol. The summed E-state index contributed by atoms with van der Waals surface area (Å²) in [5.41, 5.74) is 6.57. The summed E-state index contributed by atoms with van der Waals surface area (Å²) < 4.78 is 7.02. The molecular formula is C13H23N3O2S. The molecule has 1 rings (SSSR count). The molecule has 0 amide bonds. The topological polar surface area (TPSA) is 70.1 Å². The van der Waals surface area contributed by atoms with Crippen LogP contribution < -0.4 is 5.73 Å². The van der Waals surface area contributed by atoms with Gasteiger partial charge in [0.25, 0.3) is 0 Å². The summed E-state index contributed by atoms with van der Waals surface area (Å²) in [6.07, 6.45) is 3.71. The predicted molar refractivity (Wildman–Crippen MR) is 77.9 cm³/mol. The molecule has 0 aliphatic rings. The summed E-state index contributed by atoms with van der Waals surface area (Å²) in [5, 5.41) is 4.18. The molecule has 0 saturated carbocycles. The zero-order valence-corrected chi connectivity index (χ0v) is 13.0. The molecular weight excluding hydrogens is 262 g/mol. The van der Waals surface area contributed by atoms with Gasteiger partial charge < -0.3 is 10.5 Å². The number of ether oxygens (including phenoxy) is 1. The number of carbonyl (C=O) groups is 1. The molecule has 108 valence electrons. The van der Waals surface area contributed by atoms with Crippen LogP contribution in [0.5, 0.6) is 0 Å². The van der Waals surface area contributed by atoms with Crippen LogP contribution in [-0.4, -0.2) is 33.1 Å². The standard InChI is InChI=1S/C13H23N3O2S/c1-9(14)12(10-6-15-16(5)7-10)19-8-11(17)18-13(2,3)4/h6-7,9,12H,8,14H2,1-5H3. The molecule has 0 aliphatic heterocycles. The Balaban J connectivity index is 2.59.